The average molecular weight is 222 g/mol. The van der Waals surface area contributed by atoms with Crippen molar-refractivity contribution >= 4 is 0 Å². The van der Waals surface area contributed by atoms with E-state index in [1.54, 1.807) is 0 Å². The van der Waals surface area contributed by atoms with Crippen LogP contribution in [0.1, 0.15) is 29.7 Å². The monoisotopic (exact) mass is 222 g/mol. The molecule has 1 aliphatic rings. The summed E-state index contributed by atoms with van der Waals surface area (Å²) in [6.45, 7) is 4.69. The molecule has 1 unspecified atom stereocenters. The number of rotatable bonds is 5. The smallest absolute Gasteiger partial charge is 0.0725 e. The predicted octanol–water partition coefficient (Wildman–Crippen LogP) is 1.26. The van der Waals surface area contributed by atoms with Crippen molar-refractivity contribution in [2.45, 2.75) is 26.2 Å². The summed E-state index contributed by atoms with van der Waals surface area (Å²) in [5.74, 6) is 5.53. The van der Waals surface area contributed by atoms with Gasteiger partial charge in [-0.3, -0.25) is 11.3 Å². The van der Waals surface area contributed by atoms with Crippen LogP contribution in [0.5, 0.6) is 0 Å². The Labute approximate surface area is 95.7 Å². The Morgan fingerprint density at radius 2 is 2.25 bits per heavy atom. The standard InChI is InChI=1S/C12H18N2O2/c1-2-15-8-12(14-13)9-3-4-10-6-16-7-11(10)5-9/h3-5,12,14H,2,6-8,13H2,1H3. The van der Waals surface area contributed by atoms with E-state index >= 15 is 0 Å². The van der Waals surface area contributed by atoms with E-state index in [-0.39, 0.29) is 6.04 Å². The molecule has 0 saturated carbocycles. The molecule has 0 aliphatic carbocycles. The highest BCUT2D eigenvalue weighted by molar-refractivity contribution is 5.34. The lowest BCUT2D eigenvalue weighted by atomic mass is 10.0. The van der Waals surface area contributed by atoms with Crippen LogP contribution in [0.3, 0.4) is 0 Å². The Bertz CT molecular complexity index is 355. The van der Waals surface area contributed by atoms with Gasteiger partial charge in [0.15, 0.2) is 0 Å². The molecule has 4 nitrogen and oxygen atoms in total. The van der Waals surface area contributed by atoms with E-state index in [2.05, 4.69) is 23.6 Å². The minimum Gasteiger partial charge on any atom is -0.380 e. The van der Waals surface area contributed by atoms with Crippen LogP contribution in [0.4, 0.5) is 0 Å². The van der Waals surface area contributed by atoms with Crippen molar-refractivity contribution in [3.8, 4) is 0 Å². The molecule has 0 spiro atoms. The maximum atomic E-state index is 5.53. The normalized spacial score (nSPS) is 16.1. The topological polar surface area (TPSA) is 56.5 Å². The lowest BCUT2D eigenvalue weighted by Gasteiger charge is -2.16. The molecule has 0 radical (unpaired) electrons. The Hall–Kier alpha value is -0.940. The number of fused-ring (bicyclic) bond motifs is 1. The Kier molecular flexibility index (Phi) is 3.90. The number of nitrogens with one attached hydrogen (secondary N) is 1. The van der Waals surface area contributed by atoms with E-state index in [1.165, 1.54) is 11.1 Å². The third-order valence-electron chi connectivity index (χ3n) is 2.84. The van der Waals surface area contributed by atoms with Crippen LogP contribution < -0.4 is 11.3 Å². The van der Waals surface area contributed by atoms with Crippen molar-refractivity contribution in [2.24, 2.45) is 5.84 Å². The highest BCUT2D eigenvalue weighted by Crippen LogP contribution is 2.23. The number of hydrazine groups is 1. The van der Waals surface area contributed by atoms with Crippen LogP contribution in [-0.2, 0) is 22.7 Å². The molecular weight excluding hydrogens is 204 g/mol. The summed E-state index contributed by atoms with van der Waals surface area (Å²) >= 11 is 0. The second-order valence-corrected chi connectivity index (χ2v) is 3.90. The SMILES string of the molecule is CCOCC(NN)c1ccc2c(c1)COC2. The molecule has 4 heteroatoms. The van der Waals surface area contributed by atoms with Gasteiger partial charge in [0.1, 0.15) is 0 Å². The second kappa shape index (κ2) is 5.41. The predicted molar refractivity (Wildman–Crippen MR) is 61.5 cm³/mol. The van der Waals surface area contributed by atoms with Gasteiger partial charge in [-0.05, 0) is 23.6 Å². The van der Waals surface area contributed by atoms with Gasteiger partial charge >= 0.3 is 0 Å². The molecule has 1 atom stereocenters. The van der Waals surface area contributed by atoms with Crippen molar-refractivity contribution in [2.75, 3.05) is 13.2 Å². The van der Waals surface area contributed by atoms with Crippen molar-refractivity contribution in [1.29, 1.82) is 0 Å². The van der Waals surface area contributed by atoms with Gasteiger partial charge in [-0.2, -0.15) is 0 Å². The summed E-state index contributed by atoms with van der Waals surface area (Å²) in [6.07, 6.45) is 0. The molecule has 0 amide bonds. The molecule has 1 aromatic carbocycles. The highest BCUT2D eigenvalue weighted by atomic mass is 16.5. The lowest BCUT2D eigenvalue weighted by Crippen LogP contribution is -2.31. The van der Waals surface area contributed by atoms with E-state index < -0.39 is 0 Å². The van der Waals surface area contributed by atoms with Crippen LogP contribution >= 0.6 is 0 Å². The van der Waals surface area contributed by atoms with Gasteiger partial charge in [-0.25, -0.2) is 0 Å². The first-order valence-electron chi connectivity index (χ1n) is 5.58. The highest BCUT2D eigenvalue weighted by Gasteiger charge is 2.15. The minimum absolute atomic E-state index is 0.0471. The third kappa shape index (κ3) is 2.41. The molecule has 0 fully saturated rings. The maximum Gasteiger partial charge on any atom is 0.0725 e. The van der Waals surface area contributed by atoms with Gasteiger partial charge in [-0.15, -0.1) is 0 Å². The van der Waals surface area contributed by atoms with Crippen LogP contribution in [0, 0.1) is 0 Å². The fraction of sp³-hybridized carbons (Fsp3) is 0.500. The molecule has 1 heterocycles. The van der Waals surface area contributed by atoms with Gasteiger partial charge < -0.3 is 9.47 Å². The van der Waals surface area contributed by atoms with Gasteiger partial charge in [-0.1, -0.05) is 18.2 Å². The summed E-state index contributed by atoms with van der Waals surface area (Å²) < 4.78 is 10.8. The van der Waals surface area contributed by atoms with Crippen molar-refractivity contribution in [3.63, 3.8) is 0 Å². The fourth-order valence-electron chi connectivity index (χ4n) is 1.88. The van der Waals surface area contributed by atoms with Gasteiger partial charge in [0.05, 0.1) is 25.9 Å². The largest absolute Gasteiger partial charge is 0.380 e. The van der Waals surface area contributed by atoms with Crippen LogP contribution in [0.15, 0.2) is 18.2 Å². The molecule has 0 saturated heterocycles. The number of nitrogens with two attached hydrogens (primary N) is 1. The van der Waals surface area contributed by atoms with Crippen molar-refractivity contribution in [3.05, 3.63) is 34.9 Å². The Morgan fingerprint density at radius 1 is 1.44 bits per heavy atom. The molecule has 88 valence electrons. The molecule has 0 bridgehead atoms. The van der Waals surface area contributed by atoms with Crippen LogP contribution in [-0.4, -0.2) is 13.2 Å². The number of hydrogen-bond donors (Lipinski definition) is 2. The summed E-state index contributed by atoms with van der Waals surface area (Å²) in [5.41, 5.74) is 6.46. The van der Waals surface area contributed by atoms with Gasteiger partial charge in [0, 0.05) is 6.61 Å². The zero-order valence-corrected chi connectivity index (χ0v) is 9.53. The van der Waals surface area contributed by atoms with Crippen LogP contribution in [0.2, 0.25) is 0 Å². The number of benzene rings is 1. The number of hydrogen-bond acceptors (Lipinski definition) is 4. The zero-order valence-electron chi connectivity index (χ0n) is 9.53. The minimum atomic E-state index is 0.0471. The molecule has 2 rings (SSSR count). The second-order valence-electron chi connectivity index (χ2n) is 3.90. The molecular formula is C12H18N2O2. The van der Waals surface area contributed by atoms with E-state index in [0.29, 0.717) is 19.8 Å². The quantitative estimate of drug-likeness (QED) is 0.581. The Morgan fingerprint density at radius 3 is 3.00 bits per heavy atom. The third-order valence-corrected chi connectivity index (χ3v) is 2.84. The maximum absolute atomic E-state index is 5.53. The summed E-state index contributed by atoms with van der Waals surface area (Å²) in [6, 6.07) is 6.38. The first-order valence-corrected chi connectivity index (χ1v) is 5.58. The Balaban J connectivity index is 2.12. The van der Waals surface area contributed by atoms with Crippen molar-refractivity contribution < 1.29 is 9.47 Å². The first kappa shape index (κ1) is 11.5. The van der Waals surface area contributed by atoms with Crippen LogP contribution in [0.25, 0.3) is 0 Å². The molecule has 3 N–H and O–H groups in total. The van der Waals surface area contributed by atoms with E-state index in [4.69, 9.17) is 15.3 Å². The average Bonchev–Trinajstić information content (AvgIpc) is 2.77. The number of ether oxygens (including phenoxy) is 2. The molecule has 0 aromatic heterocycles. The zero-order chi connectivity index (χ0) is 11.4. The summed E-state index contributed by atoms with van der Waals surface area (Å²) in [7, 11) is 0. The van der Waals surface area contributed by atoms with Gasteiger partial charge in [0.25, 0.3) is 0 Å². The molecule has 1 aliphatic heterocycles. The van der Waals surface area contributed by atoms with E-state index in [9.17, 15) is 0 Å². The summed E-state index contributed by atoms with van der Waals surface area (Å²) in [4.78, 5) is 0. The summed E-state index contributed by atoms with van der Waals surface area (Å²) in [5, 5.41) is 0. The van der Waals surface area contributed by atoms with Crippen molar-refractivity contribution in [1.82, 2.24) is 5.43 Å². The van der Waals surface area contributed by atoms with E-state index in [1.807, 2.05) is 6.92 Å². The van der Waals surface area contributed by atoms with E-state index in [0.717, 1.165) is 12.2 Å². The first-order chi connectivity index (χ1) is 7.85. The fourth-order valence-corrected chi connectivity index (χ4v) is 1.88. The lowest BCUT2D eigenvalue weighted by molar-refractivity contribution is 0.123. The molecule has 16 heavy (non-hydrogen) atoms. The molecule has 1 aromatic rings. The van der Waals surface area contributed by atoms with Gasteiger partial charge in [0.2, 0.25) is 0 Å².